The van der Waals surface area contributed by atoms with E-state index in [1.165, 1.54) is 11.1 Å². The average Bonchev–Trinajstić information content (AvgIpc) is 2.90. The molecule has 156 valence electrons. The van der Waals surface area contributed by atoms with Gasteiger partial charge in [-0.1, -0.05) is 20.8 Å². The zero-order valence-electron chi connectivity index (χ0n) is 17.7. The molecule has 7 heteroatoms. The Hall–Kier alpha value is -1.70. The standard InChI is InChI=1S/C20H27NO.CH4O4S/c1-11-9-17(21)13(3)12(2)14(11)10-15-16-7-8-20(6,18(15)22)19(16,4)5;1-5-6(2,3)4/h9-10,16H,7-8,21H2,1-6H3;1H3,(H,2,3,4). The van der Waals surface area contributed by atoms with E-state index < -0.39 is 10.4 Å². The van der Waals surface area contributed by atoms with E-state index in [0.29, 0.717) is 11.7 Å². The number of nitrogen functional groups attached to an aromatic ring is 1. The number of rotatable bonds is 2. The van der Waals surface area contributed by atoms with Crippen molar-refractivity contribution in [2.75, 3.05) is 12.8 Å². The van der Waals surface area contributed by atoms with Crippen LogP contribution in [0.25, 0.3) is 6.08 Å². The Bertz CT molecular complexity index is 946. The summed E-state index contributed by atoms with van der Waals surface area (Å²) >= 11 is 0. The Morgan fingerprint density at radius 3 is 2.18 bits per heavy atom. The van der Waals surface area contributed by atoms with E-state index in [2.05, 4.69) is 51.8 Å². The lowest BCUT2D eigenvalue weighted by atomic mass is 9.70. The monoisotopic (exact) mass is 409 g/mol. The molecule has 0 aliphatic heterocycles. The lowest BCUT2D eigenvalue weighted by Gasteiger charge is -2.31. The van der Waals surface area contributed by atoms with Crippen LogP contribution in [0.5, 0.6) is 0 Å². The average molecular weight is 410 g/mol. The quantitative estimate of drug-likeness (QED) is 0.434. The van der Waals surface area contributed by atoms with Crippen molar-refractivity contribution in [3.8, 4) is 0 Å². The molecule has 2 aliphatic carbocycles. The van der Waals surface area contributed by atoms with Crippen molar-refractivity contribution in [2.24, 2.45) is 16.7 Å². The molecular weight excluding hydrogens is 378 g/mol. The van der Waals surface area contributed by atoms with E-state index in [1.54, 1.807) is 0 Å². The number of nitrogens with two attached hydrogens (primary N) is 1. The Morgan fingerprint density at radius 2 is 1.75 bits per heavy atom. The van der Waals surface area contributed by atoms with Crippen molar-refractivity contribution in [3.05, 3.63) is 33.9 Å². The zero-order valence-corrected chi connectivity index (χ0v) is 18.5. The predicted octanol–water partition coefficient (Wildman–Crippen LogP) is 4.04. The van der Waals surface area contributed by atoms with E-state index >= 15 is 0 Å². The van der Waals surface area contributed by atoms with Gasteiger partial charge in [-0.25, -0.2) is 0 Å². The second-order valence-corrected chi connectivity index (χ2v) is 9.80. The third-order valence-electron chi connectivity index (χ3n) is 7.07. The summed E-state index contributed by atoms with van der Waals surface area (Å²) in [5.74, 6) is 0.753. The molecule has 1 aromatic rings. The molecule has 3 rings (SSSR count). The van der Waals surface area contributed by atoms with Gasteiger partial charge in [-0.3, -0.25) is 13.5 Å². The molecule has 28 heavy (non-hydrogen) atoms. The van der Waals surface area contributed by atoms with E-state index in [-0.39, 0.29) is 10.8 Å². The number of ketones is 1. The van der Waals surface area contributed by atoms with Crippen LogP contribution in [0, 0.1) is 37.5 Å². The number of allylic oxidation sites excluding steroid dienone is 1. The van der Waals surface area contributed by atoms with E-state index in [4.69, 9.17) is 10.3 Å². The van der Waals surface area contributed by atoms with Gasteiger partial charge in [0.1, 0.15) is 0 Å². The molecule has 2 saturated carbocycles. The normalized spacial score (nSPS) is 27.1. The highest BCUT2D eigenvalue weighted by atomic mass is 32.3. The van der Waals surface area contributed by atoms with Crippen LogP contribution in [0.2, 0.25) is 0 Å². The SMILES string of the molecule is COS(=O)(=O)O.Cc1cc(N)c(C)c(C)c1C=C1C(=O)C2(C)CCC1C2(C)C. The minimum Gasteiger partial charge on any atom is -0.398 e. The second kappa shape index (κ2) is 7.28. The summed E-state index contributed by atoms with van der Waals surface area (Å²) in [5, 5.41) is 0. The van der Waals surface area contributed by atoms with Crippen LogP contribution in [0.15, 0.2) is 11.6 Å². The van der Waals surface area contributed by atoms with Crippen LogP contribution in [-0.2, 0) is 19.4 Å². The minimum atomic E-state index is -4.16. The van der Waals surface area contributed by atoms with Gasteiger partial charge in [0.2, 0.25) is 0 Å². The number of anilines is 1. The fraction of sp³-hybridized carbons (Fsp3) is 0.571. The molecule has 1 aromatic carbocycles. The van der Waals surface area contributed by atoms with Gasteiger partial charge in [0, 0.05) is 11.1 Å². The minimum absolute atomic E-state index is 0.0700. The van der Waals surface area contributed by atoms with Gasteiger partial charge in [0.05, 0.1) is 7.11 Å². The first kappa shape index (κ1) is 22.6. The Labute approximate surface area is 168 Å². The van der Waals surface area contributed by atoms with Crippen LogP contribution in [0.1, 0.15) is 55.9 Å². The molecule has 0 radical (unpaired) electrons. The van der Waals surface area contributed by atoms with Gasteiger partial charge in [0.25, 0.3) is 0 Å². The first-order valence-electron chi connectivity index (χ1n) is 9.33. The summed E-state index contributed by atoms with van der Waals surface area (Å²) < 4.78 is 29.7. The topological polar surface area (TPSA) is 107 Å². The number of hydrogen-bond acceptors (Lipinski definition) is 5. The smallest absolute Gasteiger partial charge is 0.397 e. The van der Waals surface area contributed by atoms with Crippen molar-refractivity contribution in [2.45, 2.75) is 54.4 Å². The number of benzene rings is 1. The molecule has 2 bridgehead atoms. The van der Waals surface area contributed by atoms with Crippen molar-refractivity contribution in [3.63, 3.8) is 0 Å². The fourth-order valence-corrected chi connectivity index (χ4v) is 4.61. The Morgan fingerprint density at radius 1 is 1.21 bits per heavy atom. The summed E-state index contributed by atoms with van der Waals surface area (Å²) in [6.45, 7) is 12.9. The highest BCUT2D eigenvalue weighted by Gasteiger charge is 2.63. The third-order valence-corrected chi connectivity index (χ3v) is 7.49. The molecule has 0 saturated heterocycles. The Balaban J connectivity index is 0.000000409. The Kier molecular flexibility index (Phi) is 5.87. The number of carbonyl (C=O) groups is 1. The summed E-state index contributed by atoms with van der Waals surface area (Å²) in [7, 11) is -3.29. The highest BCUT2D eigenvalue weighted by Crippen LogP contribution is 2.65. The van der Waals surface area contributed by atoms with Crippen LogP contribution in [0.4, 0.5) is 5.69 Å². The third kappa shape index (κ3) is 3.63. The van der Waals surface area contributed by atoms with Gasteiger partial charge in [-0.15, -0.1) is 0 Å². The number of fused-ring (bicyclic) bond motifs is 2. The van der Waals surface area contributed by atoms with Gasteiger partial charge in [0.15, 0.2) is 5.78 Å². The molecule has 0 aromatic heterocycles. The maximum Gasteiger partial charge on any atom is 0.397 e. The van der Waals surface area contributed by atoms with Crippen molar-refractivity contribution < 1.29 is 21.9 Å². The van der Waals surface area contributed by atoms with Crippen molar-refractivity contribution in [1.82, 2.24) is 0 Å². The largest absolute Gasteiger partial charge is 0.398 e. The van der Waals surface area contributed by atoms with Gasteiger partial charge in [-0.05, 0) is 84.9 Å². The van der Waals surface area contributed by atoms with E-state index in [0.717, 1.165) is 42.3 Å². The molecule has 2 atom stereocenters. The molecule has 2 unspecified atom stereocenters. The van der Waals surface area contributed by atoms with Crippen LogP contribution in [-0.4, -0.2) is 25.9 Å². The lowest BCUT2D eigenvalue weighted by molar-refractivity contribution is -0.125. The number of hydrogen-bond donors (Lipinski definition) is 2. The number of aryl methyl sites for hydroxylation is 1. The molecule has 3 N–H and O–H groups in total. The maximum atomic E-state index is 13.0. The molecule has 0 spiro atoms. The summed E-state index contributed by atoms with van der Waals surface area (Å²) in [6.07, 6.45) is 4.32. The van der Waals surface area contributed by atoms with Gasteiger partial charge in [-0.2, -0.15) is 8.42 Å². The lowest BCUT2D eigenvalue weighted by Crippen LogP contribution is -2.32. The first-order valence-corrected chi connectivity index (χ1v) is 10.7. The van der Waals surface area contributed by atoms with Crippen LogP contribution in [0.3, 0.4) is 0 Å². The van der Waals surface area contributed by atoms with E-state index in [9.17, 15) is 13.2 Å². The van der Waals surface area contributed by atoms with Crippen LogP contribution >= 0.6 is 0 Å². The zero-order chi connectivity index (χ0) is 21.7. The second-order valence-electron chi connectivity index (χ2n) is 8.61. The molecule has 0 heterocycles. The van der Waals surface area contributed by atoms with Gasteiger partial charge < -0.3 is 5.73 Å². The van der Waals surface area contributed by atoms with Crippen molar-refractivity contribution in [1.29, 1.82) is 0 Å². The number of carbonyl (C=O) groups excluding carboxylic acids is 1. The summed E-state index contributed by atoms with van der Waals surface area (Å²) in [4.78, 5) is 13.0. The maximum absolute atomic E-state index is 13.0. The van der Waals surface area contributed by atoms with E-state index in [1.807, 2.05) is 6.07 Å². The molecule has 2 aliphatic rings. The fourth-order valence-electron chi connectivity index (χ4n) is 4.61. The first-order chi connectivity index (χ1) is 12.7. The summed E-state index contributed by atoms with van der Waals surface area (Å²) in [5.41, 5.74) is 12.5. The number of Topliss-reactive ketones (excluding diaryl/α,β-unsaturated/α-hetero) is 1. The van der Waals surface area contributed by atoms with Crippen LogP contribution < -0.4 is 5.73 Å². The molecule has 6 nitrogen and oxygen atoms in total. The van der Waals surface area contributed by atoms with Gasteiger partial charge >= 0.3 is 10.4 Å². The molecular formula is C21H31NO5S. The molecule has 0 amide bonds. The van der Waals surface area contributed by atoms with Crippen molar-refractivity contribution >= 4 is 27.9 Å². The highest BCUT2D eigenvalue weighted by molar-refractivity contribution is 7.80. The predicted molar refractivity (Wildman–Crippen MR) is 111 cm³/mol. The summed E-state index contributed by atoms with van der Waals surface area (Å²) in [6, 6.07) is 2.03. The molecule has 2 fully saturated rings.